The Kier molecular flexibility index (Phi) is 11.6. The highest BCUT2D eigenvalue weighted by Crippen LogP contribution is 2.36. The molecule has 10 rings (SSSR count). The number of hydrogen-bond acceptors (Lipinski definition) is 11. The Labute approximate surface area is 372 Å². The van der Waals surface area contributed by atoms with Crippen molar-refractivity contribution in [2.75, 3.05) is 69.5 Å². The molecule has 2 atom stereocenters. The number of nitrogens with zero attached hydrogens (tertiary/aromatic N) is 9. The van der Waals surface area contributed by atoms with Gasteiger partial charge in [0.1, 0.15) is 35.4 Å². The quantitative estimate of drug-likeness (QED) is 0.165. The van der Waals surface area contributed by atoms with Gasteiger partial charge in [0, 0.05) is 82.1 Å². The molecule has 0 radical (unpaired) electrons. The van der Waals surface area contributed by atoms with Crippen molar-refractivity contribution >= 4 is 46.3 Å². The highest BCUT2D eigenvalue weighted by atomic mass is 16.5. The van der Waals surface area contributed by atoms with Gasteiger partial charge in [-0.1, -0.05) is 18.2 Å². The molecule has 5 aliphatic rings. The zero-order valence-electron chi connectivity index (χ0n) is 36.1. The van der Waals surface area contributed by atoms with E-state index in [2.05, 4.69) is 31.2 Å². The number of amides is 5. The number of imide groups is 1. The zero-order valence-corrected chi connectivity index (χ0v) is 36.1. The van der Waals surface area contributed by atoms with E-state index >= 15 is 0 Å². The Balaban J connectivity index is 0.682. The number of anilines is 2. The Morgan fingerprint density at radius 3 is 2.39 bits per heavy atom. The molecule has 5 amide bonds. The van der Waals surface area contributed by atoms with Gasteiger partial charge in [0.05, 0.1) is 11.4 Å². The zero-order chi connectivity index (χ0) is 43.7. The van der Waals surface area contributed by atoms with Crippen molar-refractivity contribution in [2.24, 2.45) is 5.92 Å². The minimum Gasteiger partial charge on any atom is -0.457 e. The second kappa shape index (κ2) is 17.9. The van der Waals surface area contributed by atoms with Gasteiger partial charge in [-0.05, 0) is 118 Å². The van der Waals surface area contributed by atoms with Crippen LogP contribution in [-0.2, 0) is 16.1 Å². The highest BCUT2D eigenvalue weighted by molar-refractivity contribution is 6.05. The molecule has 16 nitrogen and oxygen atoms in total. The molecule has 4 saturated heterocycles. The summed E-state index contributed by atoms with van der Waals surface area (Å²) in [6.45, 7) is 8.10. The number of para-hydroxylation sites is 1. The van der Waals surface area contributed by atoms with Crippen LogP contribution in [0.1, 0.15) is 73.3 Å². The molecule has 64 heavy (non-hydrogen) atoms. The number of nitrogens with two attached hydrogens (primary N) is 1. The fourth-order valence-corrected chi connectivity index (χ4v) is 10.3. The number of nitrogen functional groups attached to an aromatic ring is 1. The lowest BCUT2D eigenvalue weighted by molar-refractivity contribution is -0.136. The molecule has 2 unspecified atom stereocenters. The van der Waals surface area contributed by atoms with Gasteiger partial charge in [0.15, 0.2) is 5.65 Å². The molecular weight excluding hydrogens is 811 g/mol. The van der Waals surface area contributed by atoms with Crippen molar-refractivity contribution < 1.29 is 23.9 Å². The van der Waals surface area contributed by atoms with Crippen LogP contribution in [-0.4, -0.2) is 128 Å². The normalized spacial score (nSPS) is 21.1. The molecule has 5 aromatic rings. The fraction of sp³-hybridized carbons (Fsp3) is 0.438. The van der Waals surface area contributed by atoms with Crippen molar-refractivity contribution in [3.8, 4) is 22.8 Å². The number of benzene rings is 3. The molecule has 2 aromatic heterocycles. The van der Waals surface area contributed by atoms with Crippen LogP contribution < -0.4 is 20.7 Å². The predicted octanol–water partition coefficient (Wildman–Crippen LogP) is 5.70. The first-order chi connectivity index (χ1) is 31.3. The van der Waals surface area contributed by atoms with Crippen LogP contribution in [0.2, 0.25) is 0 Å². The van der Waals surface area contributed by atoms with Gasteiger partial charge in [-0.15, -0.1) is 0 Å². The molecule has 0 spiro atoms. The summed E-state index contributed by atoms with van der Waals surface area (Å²) in [7, 11) is 0. The number of piperazine rings is 1. The Bertz CT molecular complexity index is 2530. The average molecular weight is 866 g/mol. The molecule has 4 fully saturated rings. The maximum absolute atomic E-state index is 14.0. The molecule has 7 heterocycles. The largest absolute Gasteiger partial charge is 0.457 e. The van der Waals surface area contributed by atoms with Crippen molar-refractivity contribution in [1.29, 1.82) is 0 Å². The fourth-order valence-electron chi connectivity index (χ4n) is 10.3. The molecule has 5 aliphatic heterocycles. The van der Waals surface area contributed by atoms with Crippen LogP contribution in [0.4, 0.5) is 16.3 Å². The minimum absolute atomic E-state index is 0.0414. The van der Waals surface area contributed by atoms with E-state index in [1.54, 1.807) is 4.90 Å². The Morgan fingerprint density at radius 1 is 0.828 bits per heavy atom. The van der Waals surface area contributed by atoms with E-state index in [0.29, 0.717) is 53.5 Å². The number of aromatic nitrogens is 4. The summed E-state index contributed by atoms with van der Waals surface area (Å²) in [6.07, 6.45) is 8.22. The summed E-state index contributed by atoms with van der Waals surface area (Å²) in [4.78, 5) is 70.8. The van der Waals surface area contributed by atoms with E-state index in [9.17, 15) is 19.2 Å². The summed E-state index contributed by atoms with van der Waals surface area (Å²) in [5, 5.41) is 8.19. The molecule has 0 bridgehead atoms. The molecule has 0 aliphatic carbocycles. The van der Waals surface area contributed by atoms with Crippen LogP contribution in [0.25, 0.3) is 22.3 Å². The number of likely N-dealkylation sites (tertiary alicyclic amines) is 2. The lowest BCUT2D eigenvalue weighted by atomic mass is 9.92. The molecule has 16 heteroatoms. The number of rotatable bonds is 10. The first-order valence-corrected chi connectivity index (χ1v) is 22.9. The van der Waals surface area contributed by atoms with Crippen molar-refractivity contribution in [2.45, 2.75) is 70.0 Å². The number of hydrogen-bond donors (Lipinski definition) is 2. The van der Waals surface area contributed by atoms with Crippen LogP contribution in [0, 0.1) is 5.92 Å². The van der Waals surface area contributed by atoms with E-state index in [0.717, 1.165) is 113 Å². The lowest BCUT2D eigenvalue weighted by Gasteiger charge is -2.39. The highest BCUT2D eigenvalue weighted by Gasteiger charge is 2.39. The number of carbonyl (C=O) groups excluding carboxylic acids is 4. The van der Waals surface area contributed by atoms with Gasteiger partial charge < -0.3 is 30.1 Å². The molecule has 332 valence electrons. The van der Waals surface area contributed by atoms with Crippen LogP contribution in [0.3, 0.4) is 0 Å². The summed E-state index contributed by atoms with van der Waals surface area (Å²) < 4.78 is 7.97. The van der Waals surface area contributed by atoms with Gasteiger partial charge in [-0.25, -0.2) is 19.4 Å². The number of urea groups is 1. The van der Waals surface area contributed by atoms with E-state index in [4.69, 9.17) is 15.6 Å². The molecule has 3 aromatic carbocycles. The number of piperidine rings is 3. The number of ether oxygens (including phenoxy) is 1. The minimum atomic E-state index is -0.603. The lowest BCUT2D eigenvalue weighted by Crippen LogP contribution is -2.52. The summed E-state index contributed by atoms with van der Waals surface area (Å²) in [6, 6.07) is 23.0. The molecule has 3 N–H and O–H groups in total. The second-order valence-electron chi connectivity index (χ2n) is 17.9. The third-order valence-corrected chi connectivity index (χ3v) is 13.9. The van der Waals surface area contributed by atoms with Crippen molar-refractivity contribution in [3.05, 3.63) is 90.3 Å². The van der Waals surface area contributed by atoms with Gasteiger partial charge in [0.25, 0.3) is 5.91 Å². The first kappa shape index (κ1) is 41.5. The third kappa shape index (κ3) is 8.45. The van der Waals surface area contributed by atoms with E-state index in [-0.39, 0.29) is 36.2 Å². The number of fused-ring (bicyclic) bond motifs is 2. The maximum atomic E-state index is 14.0. The topological polar surface area (TPSA) is 175 Å². The summed E-state index contributed by atoms with van der Waals surface area (Å²) >= 11 is 0. The van der Waals surface area contributed by atoms with Crippen molar-refractivity contribution in [1.82, 2.24) is 44.7 Å². The average Bonchev–Trinajstić information content (AvgIpc) is 3.88. The SMILES string of the molecule is Nc1ncnc2c1c(-c1ccc(Oc3ccccc3)cc1)nn2C1CCCN(C(=O)N2CCC(CCCN3CCN(c4ccc5c(c4)CN(C4CCC(=O)NC4=O)C5=O)CC3)CC2)C1. The van der Waals surface area contributed by atoms with Gasteiger partial charge in [0.2, 0.25) is 11.8 Å². The molecule has 0 saturated carbocycles. The van der Waals surface area contributed by atoms with Gasteiger partial charge >= 0.3 is 6.03 Å². The monoisotopic (exact) mass is 865 g/mol. The van der Waals surface area contributed by atoms with Crippen molar-refractivity contribution in [3.63, 3.8) is 0 Å². The molecular formula is C48H55N11O5. The smallest absolute Gasteiger partial charge is 0.320 e. The Morgan fingerprint density at radius 2 is 1.61 bits per heavy atom. The van der Waals surface area contributed by atoms with E-state index in [1.807, 2.05) is 81.2 Å². The van der Waals surface area contributed by atoms with Crippen LogP contribution in [0.5, 0.6) is 11.5 Å². The summed E-state index contributed by atoms with van der Waals surface area (Å²) in [5.74, 6) is 1.68. The standard InChI is InChI=1S/C48H55N11O5/c49-44-42-43(33-10-13-38(14-11-33)64-37-8-2-1-3-9-37)53-59(45(42)51-31-50-44)36-7-5-21-57(30-36)48(63)56-22-18-32(19-23-56)6-4-20-54-24-26-55(27-25-54)35-12-15-39-34(28-35)29-58(47(39)62)40-16-17-41(60)52-46(40)61/h1-3,8-15,28,31-32,36,40H,4-7,16-27,29-30H2,(H2,49,50,51)(H,52,60,61). The summed E-state index contributed by atoms with van der Waals surface area (Å²) in [5.41, 5.74) is 11.4. The van der Waals surface area contributed by atoms with E-state index in [1.165, 1.54) is 12.7 Å². The second-order valence-corrected chi connectivity index (χ2v) is 17.9. The third-order valence-electron chi connectivity index (χ3n) is 13.9. The predicted molar refractivity (Wildman–Crippen MR) is 242 cm³/mol. The maximum Gasteiger partial charge on any atom is 0.320 e. The van der Waals surface area contributed by atoms with Gasteiger partial charge in [-0.3, -0.25) is 24.6 Å². The van der Waals surface area contributed by atoms with Crippen LogP contribution >= 0.6 is 0 Å². The number of carbonyl (C=O) groups is 4. The van der Waals surface area contributed by atoms with Crippen LogP contribution in [0.15, 0.2) is 79.1 Å². The number of nitrogens with one attached hydrogen (secondary N) is 1. The first-order valence-electron chi connectivity index (χ1n) is 22.9. The van der Waals surface area contributed by atoms with Gasteiger partial charge in [-0.2, -0.15) is 5.10 Å². The van der Waals surface area contributed by atoms with E-state index < -0.39 is 6.04 Å². The Hall–Kier alpha value is -6.55.